The molecule has 12 heteroatoms. The Kier molecular flexibility index (Phi) is 6.83. The number of halogens is 3. The third-order valence-electron chi connectivity index (χ3n) is 5.22. The van der Waals surface area contributed by atoms with Crippen molar-refractivity contribution in [1.29, 1.82) is 0 Å². The number of thiophene rings is 1. The van der Waals surface area contributed by atoms with Crippen molar-refractivity contribution in [3.8, 4) is 22.6 Å². The summed E-state index contributed by atoms with van der Waals surface area (Å²) in [5.41, 5.74) is 1.89. The summed E-state index contributed by atoms with van der Waals surface area (Å²) in [4.78, 5) is 13.4. The SMILES string of the molecule is CCS(=O)(=O)N(C)C(=O)Nc1ccc2c(c1)C(c1ccc(Br)s1)Oc1cccc(OC(F)F)c1-2. The number of benzene rings is 2. The monoisotopic (exact) mass is 572 g/mol. The van der Waals surface area contributed by atoms with Gasteiger partial charge in [0.15, 0.2) is 6.10 Å². The van der Waals surface area contributed by atoms with Crippen LogP contribution in [-0.2, 0) is 10.0 Å². The Morgan fingerprint density at radius 2 is 2.03 bits per heavy atom. The van der Waals surface area contributed by atoms with Gasteiger partial charge in [-0.15, -0.1) is 11.3 Å². The van der Waals surface area contributed by atoms with Crippen LogP contribution in [0.15, 0.2) is 52.3 Å². The Morgan fingerprint density at radius 1 is 1.26 bits per heavy atom. The molecule has 3 aromatic rings. The number of hydrogen-bond donors (Lipinski definition) is 1. The molecule has 0 radical (unpaired) electrons. The molecule has 2 heterocycles. The van der Waals surface area contributed by atoms with Gasteiger partial charge in [-0.2, -0.15) is 8.78 Å². The average Bonchev–Trinajstić information content (AvgIpc) is 3.23. The highest BCUT2D eigenvalue weighted by Crippen LogP contribution is 2.50. The molecule has 180 valence electrons. The van der Waals surface area contributed by atoms with Crippen LogP contribution in [0.1, 0.15) is 23.5 Å². The van der Waals surface area contributed by atoms with E-state index in [1.807, 2.05) is 12.1 Å². The molecule has 0 saturated carbocycles. The topological polar surface area (TPSA) is 84.9 Å². The molecule has 2 amide bonds. The second kappa shape index (κ2) is 9.51. The smallest absolute Gasteiger partial charge is 0.387 e. The highest BCUT2D eigenvalue weighted by molar-refractivity contribution is 9.11. The predicted molar refractivity (Wildman–Crippen MR) is 129 cm³/mol. The number of fused-ring (bicyclic) bond motifs is 3. The lowest BCUT2D eigenvalue weighted by atomic mass is 9.91. The van der Waals surface area contributed by atoms with Gasteiger partial charge in [-0.3, -0.25) is 0 Å². The molecule has 0 spiro atoms. The van der Waals surface area contributed by atoms with E-state index < -0.39 is 28.8 Å². The zero-order chi connectivity index (χ0) is 24.6. The number of sulfonamides is 1. The molecule has 1 aromatic heterocycles. The van der Waals surface area contributed by atoms with Crippen LogP contribution in [0.2, 0.25) is 0 Å². The summed E-state index contributed by atoms with van der Waals surface area (Å²) in [5, 5.41) is 2.58. The molecule has 0 aliphatic carbocycles. The second-order valence-corrected chi connectivity index (χ2v) is 12.0. The molecule has 1 aliphatic heterocycles. The number of ether oxygens (including phenoxy) is 2. The minimum absolute atomic E-state index is 0.0369. The van der Waals surface area contributed by atoms with Gasteiger partial charge in [-0.05, 0) is 64.8 Å². The summed E-state index contributed by atoms with van der Waals surface area (Å²) in [6, 6.07) is 12.5. The molecular formula is C22H19BrF2N2O5S2. The number of hydrogen-bond acceptors (Lipinski definition) is 6. The Labute approximate surface area is 207 Å². The van der Waals surface area contributed by atoms with E-state index in [0.29, 0.717) is 32.4 Å². The van der Waals surface area contributed by atoms with Gasteiger partial charge in [0.1, 0.15) is 11.5 Å². The lowest BCUT2D eigenvalue weighted by Gasteiger charge is -2.30. The Balaban J connectivity index is 1.79. The number of alkyl halides is 2. The van der Waals surface area contributed by atoms with E-state index in [4.69, 9.17) is 9.47 Å². The summed E-state index contributed by atoms with van der Waals surface area (Å²) in [6.07, 6.45) is -0.588. The van der Waals surface area contributed by atoms with E-state index in [0.717, 1.165) is 8.66 Å². The van der Waals surface area contributed by atoms with Crippen molar-refractivity contribution in [2.75, 3.05) is 18.1 Å². The highest BCUT2D eigenvalue weighted by atomic mass is 79.9. The van der Waals surface area contributed by atoms with Crippen molar-refractivity contribution in [3.63, 3.8) is 0 Å². The number of urea groups is 1. The van der Waals surface area contributed by atoms with Crippen LogP contribution in [0.3, 0.4) is 0 Å². The largest absolute Gasteiger partial charge is 0.479 e. The quantitative estimate of drug-likeness (QED) is 0.387. The molecule has 0 fully saturated rings. The average molecular weight is 573 g/mol. The van der Waals surface area contributed by atoms with Gasteiger partial charge in [0.2, 0.25) is 10.0 Å². The maximum Gasteiger partial charge on any atom is 0.387 e. The lowest BCUT2D eigenvalue weighted by molar-refractivity contribution is -0.0496. The fourth-order valence-corrected chi connectivity index (χ4v) is 5.71. The maximum absolute atomic E-state index is 13.1. The van der Waals surface area contributed by atoms with Crippen LogP contribution in [-0.4, -0.2) is 38.2 Å². The van der Waals surface area contributed by atoms with Crippen LogP contribution in [0, 0.1) is 0 Å². The summed E-state index contributed by atoms with van der Waals surface area (Å²) < 4.78 is 62.6. The van der Waals surface area contributed by atoms with Crippen molar-refractivity contribution < 1.29 is 31.5 Å². The molecule has 0 saturated heterocycles. The fourth-order valence-electron chi connectivity index (χ4n) is 3.55. The summed E-state index contributed by atoms with van der Waals surface area (Å²) in [5.74, 6) is 0.115. The third-order valence-corrected chi connectivity index (χ3v) is 8.62. The minimum atomic E-state index is -3.74. The molecule has 1 aliphatic rings. The first-order valence-corrected chi connectivity index (χ1v) is 13.2. The van der Waals surface area contributed by atoms with Gasteiger partial charge in [0, 0.05) is 18.3 Å². The Morgan fingerprint density at radius 3 is 2.68 bits per heavy atom. The number of nitrogens with one attached hydrogen (secondary N) is 1. The lowest BCUT2D eigenvalue weighted by Crippen LogP contribution is -2.37. The van der Waals surface area contributed by atoms with Gasteiger partial charge in [-0.25, -0.2) is 17.5 Å². The molecule has 2 aromatic carbocycles. The summed E-state index contributed by atoms with van der Waals surface area (Å²) in [6.45, 7) is -1.58. The number of amides is 2. The van der Waals surface area contributed by atoms with Gasteiger partial charge < -0.3 is 14.8 Å². The van der Waals surface area contributed by atoms with E-state index in [1.54, 1.807) is 30.3 Å². The second-order valence-electron chi connectivity index (χ2n) is 7.25. The van der Waals surface area contributed by atoms with Crippen molar-refractivity contribution in [3.05, 3.63) is 62.8 Å². The molecule has 1 atom stereocenters. The van der Waals surface area contributed by atoms with Crippen molar-refractivity contribution in [2.24, 2.45) is 0 Å². The van der Waals surface area contributed by atoms with E-state index in [-0.39, 0.29) is 11.5 Å². The number of nitrogens with zero attached hydrogens (tertiary/aromatic N) is 1. The molecule has 1 unspecified atom stereocenters. The Hall–Kier alpha value is -2.70. The first kappa shape index (κ1) is 24.4. The number of anilines is 1. The normalized spacial score (nSPS) is 14.7. The standard InChI is InChI=1S/C22H19BrF2N2O5S2/c1-3-34(29,30)27(2)22(28)26-12-7-8-13-14(11-12)20(17-9-10-18(23)33-17)31-15-5-4-6-16(19(13)15)32-21(24)25/h4-11,20-21H,3H2,1-2H3,(H,26,28). The summed E-state index contributed by atoms with van der Waals surface area (Å²) in [7, 11) is -2.57. The Bertz CT molecular complexity index is 1350. The molecular weight excluding hydrogens is 554 g/mol. The third kappa shape index (κ3) is 4.75. The van der Waals surface area contributed by atoms with Gasteiger partial charge >= 0.3 is 12.6 Å². The van der Waals surface area contributed by atoms with Crippen LogP contribution in [0.5, 0.6) is 11.5 Å². The first-order valence-electron chi connectivity index (χ1n) is 10.0. The zero-order valence-electron chi connectivity index (χ0n) is 17.9. The number of carbonyl (C=O) groups is 1. The van der Waals surface area contributed by atoms with Crippen molar-refractivity contribution >= 4 is 49.0 Å². The van der Waals surface area contributed by atoms with Crippen molar-refractivity contribution in [2.45, 2.75) is 19.6 Å². The summed E-state index contributed by atoms with van der Waals surface area (Å²) >= 11 is 4.88. The van der Waals surface area contributed by atoms with Gasteiger partial charge in [0.25, 0.3) is 0 Å². The fraction of sp³-hybridized carbons (Fsp3) is 0.227. The zero-order valence-corrected chi connectivity index (χ0v) is 21.1. The van der Waals surface area contributed by atoms with E-state index in [9.17, 15) is 22.0 Å². The van der Waals surface area contributed by atoms with E-state index in [1.165, 1.54) is 31.4 Å². The van der Waals surface area contributed by atoms with Gasteiger partial charge in [-0.1, -0.05) is 12.1 Å². The maximum atomic E-state index is 13.1. The number of carbonyl (C=O) groups excluding carboxylic acids is 1. The molecule has 7 nitrogen and oxygen atoms in total. The van der Waals surface area contributed by atoms with E-state index in [2.05, 4.69) is 21.2 Å². The number of rotatable bonds is 6. The van der Waals surface area contributed by atoms with E-state index >= 15 is 0 Å². The molecule has 4 rings (SSSR count). The minimum Gasteiger partial charge on any atom is -0.479 e. The first-order chi connectivity index (χ1) is 16.1. The van der Waals surface area contributed by atoms with Crippen molar-refractivity contribution in [1.82, 2.24) is 4.31 Å². The molecule has 0 bridgehead atoms. The van der Waals surface area contributed by atoms with Gasteiger partial charge in [0.05, 0.1) is 20.0 Å². The molecule has 1 N–H and O–H groups in total. The van der Waals surface area contributed by atoms with Crippen LogP contribution < -0.4 is 14.8 Å². The van der Waals surface area contributed by atoms with Crippen LogP contribution in [0.4, 0.5) is 19.3 Å². The predicted octanol–water partition coefficient (Wildman–Crippen LogP) is 6.07. The molecule has 34 heavy (non-hydrogen) atoms. The van der Waals surface area contributed by atoms with Crippen LogP contribution in [0.25, 0.3) is 11.1 Å². The highest BCUT2D eigenvalue weighted by Gasteiger charge is 2.32. The van der Waals surface area contributed by atoms with Crippen LogP contribution >= 0.6 is 27.3 Å².